The van der Waals surface area contributed by atoms with Gasteiger partial charge in [0.1, 0.15) is 17.1 Å². The van der Waals surface area contributed by atoms with Crippen LogP contribution in [0.3, 0.4) is 0 Å². The van der Waals surface area contributed by atoms with E-state index in [4.69, 9.17) is 69.0 Å². The predicted molar refractivity (Wildman–Crippen MR) is 205 cm³/mol. The van der Waals surface area contributed by atoms with Crippen LogP contribution in [0.25, 0.3) is 5.78 Å². The lowest BCUT2D eigenvalue weighted by Gasteiger charge is -2.11. The fraction of sp³-hybridized carbons (Fsp3) is 0.194. The molecule has 29 heteroatoms. The Labute approximate surface area is 350 Å². The van der Waals surface area contributed by atoms with E-state index in [1.807, 2.05) is 0 Å². The van der Waals surface area contributed by atoms with Crippen molar-refractivity contribution in [3.05, 3.63) is 96.5 Å². The van der Waals surface area contributed by atoms with E-state index in [2.05, 4.69) is 25.1 Å². The molecule has 0 bridgehead atoms. The molecule has 2 heterocycles. The van der Waals surface area contributed by atoms with Crippen LogP contribution >= 0.6 is 42.4 Å². The standard InChI is InChI=1S/C14H13Cl2N5O4S.C14H7ClF3NO5.C3H8NO5P/c1-7-4-5-8(15)12(11(7)16)20-26(22,23)14-18-13-17-9(24-2)6-10(25-3)21(13)19-14;15-10-5-7(14(16,17)18)1-4-12(10)24-8-2-3-11(19(22)23)9(6-8)13(20)21;5-3(6)1-4-2-10(7,8)9/h4-6,20H,1-3H3;1-6H,(H,20,21);4H,1-2H2,(H,5,6)(H2,7,8,9). The summed E-state index contributed by atoms with van der Waals surface area (Å²) in [7, 11) is -5.47. The lowest BCUT2D eigenvalue weighted by atomic mass is 10.1. The Balaban J connectivity index is 0.000000263. The Morgan fingerprint density at radius 1 is 0.983 bits per heavy atom. The van der Waals surface area contributed by atoms with Gasteiger partial charge in [-0.05, 0) is 42.8 Å². The van der Waals surface area contributed by atoms with E-state index in [-0.39, 0.29) is 49.8 Å². The summed E-state index contributed by atoms with van der Waals surface area (Å²) >= 11 is 17.9. The van der Waals surface area contributed by atoms with E-state index in [0.29, 0.717) is 11.6 Å². The van der Waals surface area contributed by atoms with Gasteiger partial charge in [0.25, 0.3) is 26.6 Å². The number of carbonyl (C=O) groups is 2. The van der Waals surface area contributed by atoms with E-state index < -0.39 is 75.5 Å². The molecule has 0 saturated heterocycles. The number of nitrogens with zero attached hydrogens (tertiary/aromatic N) is 5. The van der Waals surface area contributed by atoms with Crippen LogP contribution in [0.1, 0.15) is 21.5 Å². The third kappa shape index (κ3) is 13.5. The number of nitro groups is 1. The molecule has 21 nitrogen and oxygen atoms in total. The quantitative estimate of drug-likeness (QED) is 0.0440. The maximum absolute atomic E-state index is 12.7. The summed E-state index contributed by atoms with van der Waals surface area (Å²) in [5.74, 6) is -2.59. The maximum Gasteiger partial charge on any atom is 0.416 e. The number of hydrogen-bond donors (Lipinski definition) is 6. The van der Waals surface area contributed by atoms with Crippen molar-refractivity contribution >= 4 is 81.5 Å². The minimum Gasteiger partial charge on any atom is -0.481 e. The van der Waals surface area contributed by atoms with Gasteiger partial charge in [-0.2, -0.15) is 36.1 Å². The molecule has 3 aromatic carbocycles. The molecule has 0 aliphatic rings. The van der Waals surface area contributed by atoms with Gasteiger partial charge < -0.3 is 34.2 Å². The number of aromatic carboxylic acids is 1. The first-order valence-corrected chi connectivity index (χ1v) is 20.1. The first-order valence-electron chi connectivity index (χ1n) is 15.6. The fourth-order valence-corrected chi connectivity index (χ4v) is 6.36. The Morgan fingerprint density at radius 2 is 1.65 bits per heavy atom. The van der Waals surface area contributed by atoms with Crippen LogP contribution in [0, 0.1) is 17.0 Å². The molecule has 0 fully saturated rings. The van der Waals surface area contributed by atoms with Crippen molar-refractivity contribution in [2.45, 2.75) is 18.3 Å². The van der Waals surface area contributed by atoms with Gasteiger partial charge in [0.2, 0.25) is 11.8 Å². The predicted octanol–water partition coefficient (Wildman–Crippen LogP) is 6.11. The minimum atomic E-state index is -4.58. The van der Waals surface area contributed by atoms with Gasteiger partial charge in [-0.15, -0.1) is 5.10 Å². The van der Waals surface area contributed by atoms with Crippen molar-refractivity contribution in [2.24, 2.45) is 0 Å². The topological polar surface area (TPSA) is 304 Å². The molecule has 0 spiro atoms. The summed E-state index contributed by atoms with van der Waals surface area (Å²) in [6, 6.07) is 9.92. The SMILES string of the molecule is COc1cc(OC)n2nc(S(=O)(=O)Nc3c(Cl)ccc(C)c3Cl)nc2n1.O=C(O)CNCP(=O)(O)O.O=C(O)c1cc(Oc2ccc(C(F)(F)F)cc2Cl)ccc1[N+](=O)[O-]. The number of anilines is 1. The van der Waals surface area contributed by atoms with Gasteiger partial charge in [-0.1, -0.05) is 40.9 Å². The highest BCUT2D eigenvalue weighted by molar-refractivity contribution is 7.92. The van der Waals surface area contributed by atoms with E-state index >= 15 is 0 Å². The Kier molecular flexibility index (Phi) is 16.4. The second-order valence-corrected chi connectivity index (χ2v) is 15.6. The van der Waals surface area contributed by atoms with Gasteiger partial charge in [0.15, 0.2) is 0 Å². The average molecular weight is 949 g/mol. The van der Waals surface area contributed by atoms with Crippen molar-refractivity contribution in [1.82, 2.24) is 24.9 Å². The molecule has 5 rings (SSSR count). The number of benzene rings is 3. The number of sulfonamides is 1. The average Bonchev–Trinajstić information content (AvgIpc) is 3.60. The smallest absolute Gasteiger partial charge is 0.416 e. The Bertz CT molecular complexity index is 2580. The number of carboxylic acids is 2. The molecule has 0 aliphatic heterocycles. The number of hydrogen-bond acceptors (Lipinski definition) is 14. The summed E-state index contributed by atoms with van der Waals surface area (Å²) in [5, 5.41) is 33.2. The van der Waals surface area contributed by atoms with Crippen molar-refractivity contribution in [3.8, 4) is 23.3 Å². The van der Waals surface area contributed by atoms with Crippen molar-refractivity contribution in [2.75, 3.05) is 31.8 Å². The summed E-state index contributed by atoms with van der Waals surface area (Å²) in [5.41, 5.74) is -1.54. The van der Waals surface area contributed by atoms with Gasteiger partial charge in [0.05, 0.1) is 64.4 Å². The zero-order chi connectivity index (χ0) is 45.3. The molecule has 0 unspecified atom stereocenters. The number of nitrogens with one attached hydrogen (secondary N) is 2. The number of halogens is 6. The monoisotopic (exact) mass is 947 g/mol. The van der Waals surface area contributed by atoms with Crippen LogP contribution in [0.4, 0.5) is 24.5 Å². The van der Waals surface area contributed by atoms with E-state index in [1.54, 1.807) is 13.0 Å². The van der Waals surface area contributed by atoms with Crippen LogP contribution in [0.15, 0.2) is 59.8 Å². The summed E-state index contributed by atoms with van der Waals surface area (Å²) < 4.78 is 91.9. The number of aliphatic carboxylic acids is 1. The maximum atomic E-state index is 12.7. The molecule has 0 amide bonds. The number of carboxylic acid groups (broad SMARTS) is 2. The summed E-state index contributed by atoms with van der Waals surface area (Å²) in [6.07, 6.45) is -5.18. The molecule has 60 heavy (non-hydrogen) atoms. The number of nitro benzene ring substituents is 1. The zero-order valence-electron chi connectivity index (χ0n) is 30.3. The van der Waals surface area contributed by atoms with Crippen LogP contribution in [0.5, 0.6) is 23.3 Å². The number of aromatic nitrogens is 4. The van der Waals surface area contributed by atoms with Gasteiger partial charge in [0, 0.05) is 12.1 Å². The number of fused-ring (bicyclic) bond motifs is 1. The highest BCUT2D eigenvalue weighted by atomic mass is 35.5. The largest absolute Gasteiger partial charge is 0.481 e. The van der Waals surface area contributed by atoms with Gasteiger partial charge in [-0.3, -0.25) is 29.5 Å². The second-order valence-electron chi connectivity index (χ2n) is 11.2. The molecule has 0 aliphatic carbocycles. The number of aryl methyl sites for hydroxylation is 1. The van der Waals surface area contributed by atoms with Crippen LogP contribution in [0.2, 0.25) is 15.1 Å². The fourth-order valence-electron chi connectivity index (χ4n) is 4.20. The molecule has 0 saturated carbocycles. The molecule has 0 atom stereocenters. The van der Waals surface area contributed by atoms with E-state index in [0.717, 1.165) is 34.8 Å². The Hall–Kier alpha value is -5.53. The number of ether oxygens (including phenoxy) is 3. The summed E-state index contributed by atoms with van der Waals surface area (Å²) in [6.45, 7) is 1.28. The van der Waals surface area contributed by atoms with Gasteiger partial charge >= 0.3 is 25.7 Å². The molecule has 6 N–H and O–H groups in total. The lowest BCUT2D eigenvalue weighted by Crippen LogP contribution is -2.23. The molecular formula is C31H28Cl3F3N7O14PS. The normalized spacial score (nSPS) is 11.4. The third-order valence-electron chi connectivity index (χ3n) is 6.89. The molecule has 324 valence electrons. The second kappa shape index (κ2) is 20.2. The number of rotatable bonds is 13. The van der Waals surface area contributed by atoms with Crippen molar-refractivity contribution in [3.63, 3.8) is 0 Å². The summed E-state index contributed by atoms with van der Waals surface area (Å²) in [4.78, 5) is 55.0. The minimum absolute atomic E-state index is 0.0111. The number of methoxy groups -OCH3 is 2. The van der Waals surface area contributed by atoms with E-state index in [9.17, 15) is 45.9 Å². The highest BCUT2D eigenvalue weighted by Gasteiger charge is 2.31. The highest BCUT2D eigenvalue weighted by Crippen LogP contribution is 2.38. The Morgan fingerprint density at radius 3 is 2.18 bits per heavy atom. The third-order valence-corrected chi connectivity index (χ3v) is 9.75. The molecule has 0 radical (unpaired) electrons. The van der Waals surface area contributed by atoms with Crippen molar-refractivity contribution < 1.29 is 74.9 Å². The number of alkyl halides is 3. The van der Waals surface area contributed by atoms with Crippen LogP contribution < -0.4 is 24.2 Å². The van der Waals surface area contributed by atoms with Crippen molar-refractivity contribution in [1.29, 1.82) is 0 Å². The lowest BCUT2D eigenvalue weighted by molar-refractivity contribution is -0.385. The van der Waals surface area contributed by atoms with Crippen LogP contribution in [-0.4, -0.2) is 91.9 Å². The van der Waals surface area contributed by atoms with Gasteiger partial charge in [-0.25, -0.2) is 4.79 Å². The molecular weight excluding hydrogens is 921 g/mol. The first kappa shape index (κ1) is 48.8. The first-order chi connectivity index (χ1) is 27.8. The molecule has 5 aromatic rings. The zero-order valence-corrected chi connectivity index (χ0v) is 34.3. The molecule has 2 aromatic heterocycles. The van der Waals surface area contributed by atoms with Crippen LogP contribution in [-0.2, 0) is 25.6 Å². The van der Waals surface area contributed by atoms with E-state index in [1.165, 1.54) is 26.4 Å².